The highest BCUT2D eigenvalue weighted by Gasteiger charge is 2.35. The van der Waals surface area contributed by atoms with Crippen molar-refractivity contribution in [2.45, 2.75) is 6.42 Å². The lowest BCUT2D eigenvalue weighted by atomic mass is 9.97. The van der Waals surface area contributed by atoms with E-state index in [9.17, 15) is 9.59 Å². The summed E-state index contributed by atoms with van der Waals surface area (Å²) in [5, 5.41) is 0. The molecule has 0 radical (unpaired) electrons. The number of hydrogen-bond donors (Lipinski definition) is 0. The van der Waals surface area contributed by atoms with Gasteiger partial charge in [0.1, 0.15) is 0 Å². The van der Waals surface area contributed by atoms with Gasteiger partial charge < -0.3 is 0 Å². The van der Waals surface area contributed by atoms with Crippen molar-refractivity contribution in [1.82, 2.24) is 4.90 Å². The SMILES string of the molecule is CN1C(=O)C(Cc2ccccc2)=C(c2ccccc2)C1=O. The minimum absolute atomic E-state index is 0.206. The summed E-state index contributed by atoms with van der Waals surface area (Å²) in [5.74, 6) is -0.431. The van der Waals surface area contributed by atoms with Crippen LogP contribution in [0.1, 0.15) is 11.1 Å². The Hall–Kier alpha value is -2.68. The van der Waals surface area contributed by atoms with Crippen LogP contribution in [0.25, 0.3) is 5.57 Å². The molecule has 0 saturated heterocycles. The smallest absolute Gasteiger partial charge is 0.261 e. The molecule has 1 aliphatic rings. The number of hydrogen-bond acceptors (Lipinski definition) is 2. The molecule has 3 nitrogen and oxygen atoms in total. The number of carbonyl (C=O) groups excluding carboxylic acids is 2. The van der Waals surface area contributed by atoms with E-state index in [1.807, 2.05) is 60.7 Å². The predicted molar refractivity (Wildman–Crippen MR) is 81.3 cm³/mol. The van der Waals surface area contributed by atoms with Crippen LogP contribution >= 0.6 is 0 Å². The molecule has 0 atom stereocenters. The Balaban J connectivity index is 2.09. The van der Waals surface area contributed by atoms with Gasteiger partial charge >= 0.3 is 0 Å². The van der Waals surface area contributed by atoms with Gasteiger partial charge in [0.25, 0.3) is 11.8 Å². The highest BCUT2D eigenvalue weighted by Crippen LogP contribution is 2.30. The summed E-state index contributed by atoms with van der Waals surface area (Å²) in [6.45, 7) is 0. The fraction of sp³-hybridized carbons (Fsp3) is 0.111. The van der Waals surface area contributed by atoms with Gasteiger partial charge in [-0.3, -0.25) is 14.5 Å². The monoisotopic (exact) mass is 277 g/mol. The minimum Gasteiger partial charge on any atom is -0.278 e. The van der Waals surface area contributed by atoms with Gasteiger partial charge in [0.2, 0.25) is 0 Å². The van der Waals surface area contributed by atoms with Crippen LogP contribution in [0, 0.1) is 0 Å². The molecule has 1 heterocycles. The molecule has 104 valence electrons. The van der Waals surface area contributed by atoms with Crippen molar-refractivity contribution in [3.8, 4) is 0 Å². The number of benzene rings is 2. The van der Waals surface area contributed by atoms with Crippen LogP contribution in [0.5, 0.6) is 0 Å². The van der Waals surface area contributed by atoms with Gasteiger partial charge in [-0.1, -0.05) is 60.7 Å². The fourth-order valence-corrected chi connectivity index (χ4v) is 2.56. The van der Waals surface area contributed by atoms with Gasteiger partial charge in [0.05, 0.1) is 5.57 Å². The molecule has 0 N–H and O–H groups in total. The van der Waals surface area contributed by atoms with Crippen molar-refractivity contribution in [2.75, 3.05) is 7.05 Å². The third-order valence-electron chi connectivity index (χ3n) is 3.67. The molecule has 2 amide bonds. The van der Waals surface area contributed by atoms with E-state index in [4.69, 9.17) is 0 Å². The van der Waals surface area contributed by atoms with Gasteiger partial charge in [-0.2, -0.15) is 0 Å². The first kappa shape index (κ1) is 13.3. The summed E-state index contributed by atoms with van der Waals surface area (Å²) in [7, 11) is 1.53. The van der Waals surface area contributed by atoms with Crippen LogP contribution in [0.15, 0.2) is 66.2 Å². The maximum Gasteiger partial charge on any atom is 0.261 e. The quantitative estimate of drug-likeness (QED) is 0.809. The van der Waals surface area contributed by atoms with Crippen molar-refractivity contribution < 1.29 is 9.59 Å². The van der Waals surface area contributed by atoms with Gasteiger partial charge in [-0.15, -0.1) is 0 Å². The Bertz CT molecular complexity index is 717. The second kappa shape index (κ2) is 5.37. The molecule has 2 aromatic carbocycles. The van der Waals surface area contributed by atoms with Crippen LogP contribution in [-0.4, -0.2) is 23.8 Å². The third-order valence-corrected chi connectivity index (χ3v) is 3.67. The van der Waals surface area contributed by atoms with E-state index in [-0.39, 0.29) is 11.8 Å². The first-order valence-electron chi connectivity index (χ1n) is 6.83. The molecule has 0 saturated carbocycles. The Kier molecular flexibility index (Phi) is 3.40. The second-order valence-electron chi connectivity index (χ2n) is 5.05. The summed E-state index contributed by atoms with van der Waals surface area (Å²) in [6, 6.07) is 19.1. The normalized spacial score (nSPS) is 15.0. The van der Waals surface area contributed by atoms with E-state index >= 15 is 0 Å². The lowest BCUT2D eigenvalue weighted by molar-refractivity contribution is -0.135. The highest BCUT2D eigenvalue weighted by atomic mass is 16.2. The van der Waals surface area contributed by atoms with Crippen LogP contribution in [0.3, 0.4) is 0 Å². The Morgan fingerprint density at radius 3 is 2.00 bits per heavy atom. The number of nitrogens with zero attached hydrogens (tertiary/aromatic N) is 1. The molecule has 0 spiro atoms. The number of likely N-dealkylation sites (N-methyl/N-ethyl adjacent to an activating group) is 1. The molecule has 3 rings (SSSR count). The zero-order valence-corrected chi connectivity index (χ0v) is 11.7. The van der Waals surface area contributed by atoms with Crippen molar-refractivity contribution in [3.05, 3.63) is 77.4 Å². The lowest BCUT2D eigenvalue weighted by Gasteiger charge is -2.06. The molecule has 2 aromatic rings. The number of rotatable bonds is 3. The summed E-state index contributed by atoms with van der Waals surface area (Å²) in [4.78, 5) is 25.9. The van der Waals surface area contributed by atoms with Gasteiger partial charge in [-0.25, -0.2) is 0 Å². The molecule has 0 bridgehead atoms. The molecule has 1 aliphatic heterocycles. The van der Waals surface area contributed by atoms with E-state index in [1.165, 1.54) is 11.9 Å². The highest BCUT2D eigenvalue weighted by molar-refractivity contribution is 6.35. The standard InChI is InChI=1S/C18H15NO2/c1-19-17(20)15(12-13-8-4-2-5-9-13)16(18(19)21)14-10-6-3-7-11-14/h2-11H,12H2,1H3. The average molecular weight is 277 g/mol. The van der Waals surface area contributed by atoms with E-state index in [0.717, 1.165) is 11.1 Å². The number of amides is 2. The summed E-state index contributed by atoms with van der Waals surface area (Å²) in [6.07, 6.45) is 0.472. The number of carbonyl (C=O) groups is 2. The molecule has 0 fully saturated rings. The third kappa shape index (κ3) is 2.38. The van der Waals surface area contributed by atoms with E-state index in [2.05, 4.69) is 0 Å². The molecule has 0 aliphatic carbocycles. The Labute approximate surface area is 123 Å². The minimum atomic E-state index is -0.225. The van der Waals surface area contributed by atoms with Gasteiger partial charge in [-0.05, 0) is 11.1 Å². The molecule has 0 aromatic heterocycles. The second-order valence-corrected chi connectivity index (χ2v) is 5.05. The zero-order valence-electron chi connectivity index (χ0n) is 11.7. The molecular weight excluding hydrogens is 262 g/mol. The first-order chi connectivity index (χ1) is 10.2. The molecule has 0 unspecified atom stereocenters. The fourth-order valence-electron chi connectivity index (χ4n) is 2.56. The zero-order chi connectivity index (χ0) is 14.8. The van der Waals surface area contributed by atoms with Gasteiger partial charge in [0.15, 0.2) is 0 Å². The van der Waals surface area contributed by atoms with E-state index in [1.54, 1.807) is 0 Å². The first-order valence-corrected chi connectivity index (χ1v) is 6.83. The Morgan fingerprint density at radius 1 is 0.810 bits per heavy atom. The van der Waals surface area contributed by atoms with Gasteiger partial charge in [0, 0.05) is 19.0 Å². The maximum atomic E-state index is 12.4. The average Bonchev–Trinajstić information content (AvgIpc) is 2.74. The van der Waals surface area contributed by atoms with Crippen LogP contribution in [-0.2, 0) is 16.0 Å². The summed E-state index contributed by atoms with van der Waals surface area (Å²) >= 11 is 0. The predicted octanol–water partition coefficient (Wildman–Crippen LogP) is 2.68. The van der Waals surface area contributed by atoms with Crippen molar-refractivity contribution in [2.24, 2.45) is 0 Å². The molecule has 3 heteroatoms. The Morgan fingerprint density at radius 2 is 1.38 bits per heavy atom. The van der Waals surface area contributed by atoms with Crippen molar-refractivity contribution in [1.29, 1.82) is 0 Å². The molecule has 21 heavy (non-hydrogen) atoms. The largest absolute Gasteiger partial charge is 0.278 e. The van der Waals surface area contributed by atoms with Crippen LogP contribution in [0.2, 0.25) is 0 Å². The van der Waals surface area contributed by atoms with Crippen LogP contribution < -0.4 is 0 Å². The summed E-state index contributed by atoms with van der Waals surface area (Å²) < 4.78 is 0. The van der Waals surface area contributed by atoms with E-state index in [0.29, 0.717) is 17.6 Å². The van der Waals surface area contributed by atoms with Crippen molar-refractivity contribution >= 4 is 17.4 Å². The molecular formula is C18H15NO2. The number of imide groups is 1. The summed E-state index contributed by atoms with van der Waals surface area (Å²) in [5.41, 5.74) is 2.91. The van der Waals surface area contributed by atoms with E-state index < -0.39 is 0 Å². The lowest BCUT2D eigenvalue weighted by Crippen LogP contribution is -2.27. The maximum absolute atomic E-state index is 12.4. The van der Waals surface area contributed by atoms with Crippen LogP contribution in [0.4, 0.5) is 0 Å². The topological polar surface area (TPSA) is 37.4 Å². The van der Waals surface area contributed by atoms with Crippen molar-refractivity contribution in [3.63, 3.8) is 0 Å².